The van der Waals surface area contributed by atoms with Crippen molar-refractivity contribution in [3.05, 3.63) is 12.2 Å². The van der Waals surface area contributed by atoms with Crippen molar-refractivity contribution in [1.29, 1.82) is 0 Å². The van der Waals surface area contributed by atoms with E-state index in [4.69, 9.17) is 11.6 Å². The Labute approximate surface area is 89.7 Å². The fraction of sp³-hybridized carbons (Fsp3) is 0.778. The summed E-state index contributed by atoms with van der Waals surface area (Å²) in [6.07, 6.45) is 1.56. The van der Waals surface area contributed by atoms with Crippen LogP contribution in [0.4, 0.5) is 0 Å². The van der Waals surface area contributed by atoms with E-state index in [0.717, 1.165) is 18.9 Å². The molecule has 0 saturated heterocycles. The number of hydrogen-bond donors (Lipinski definition) is 1. The largest absolute Gasteiger partial charge is 0.309 e. The zero-order chi connectivity index (χ0) is 10.6. The maximum absolute atomic E-state index is 5.81. The highest BCUT2D eigenvalue weighted by molar-refractivity contribution is 6.18. The van der Waals surface area contributed by atoms with Crippen molar-refractivity contribution in [2.75, 3.05) is 12.4 Å². The Morgan fingerprint density at radius 2 is 2.29 bits per heavy atom. The molecule has 0 aliphatic rings. The zero-order valence-corrected chi connectivity index (χ0v) is 9.67. The van der Waals surface area contributed by atoms with Gasteiger partial charge in [-0.2, -0.15) is 5.10 Å². The Morgan fingerprint density at radius 1 is 1.57 bits per heavy atom. The molecule has 1 aromatic rings. The number of alkyl halides is 1. The third-order valence-corrected chi connectivity index (χ3v) is 2.78. The summed E-state index contributed by atoms with van der Waals surface area (Å²) in [6.45, 7) is 5.87. The molecule has 4 nitrogen and oxygen atoms in total. The molecule has 80 valence electrons. The third kappa shape index (κ3) is 3.27. The lowest BCUT2D eigenvalue weighted by Gasteiger charge is -2.21. The van der Waals surface area contributed by atoms with Crippen LogP contribution in [0.15, 0.2) is 6.33 Å². The van der Waals surface area contributed by atoms with E-state index in [1.165, 1.54) is 0 Å². The van der Waals surface area contributed by atoms with Crippen LogP contribution in [0.5, 0.6) is 0 Å². The molecule has 0 fully saturated rings. The fourth-order valence-electron chi connectivity index (χ4n) is 1.04. The lowest BCUT2D eigenvalue weighted by molar-refractivity contribution is 0.381. The minimum atomic E-state index is 0.125. The van der Waals surface area contributed by atoms with E-state index in [2.05, 4.69) is 29.2 Å². The van der Waals surface area contributed by atoms with Crippen LogP contribution in [0.1, 0.15) is 19.7 Å². The van der Waals surface area contributed by atoms with Crippen molar-refractivity contribution in [2.24, 2.45) is 12.5 Å². The Kier molecular flexibility index (Phi) is 3.89. The quantitative estimate of drug-likeness (QED) is 0.752. The van der Waals surface area contributed by atoms with Gasteiger partial charge in [-0.15, -0.1) is 11.6 Å². The number of halogens is 1. The van der Waals surface area contributed by atoms with Gasteiger partial charge in [-0.05, 0) is 5.41 Å². The number of nitrogens with one attached hydrogen (secondary N) is 1. The van der Waals surface area contributed by atoms with Gasteiger partial charge in [-0.25, -0.2) is 4.98 Å². The summed E-state index contributed by atoms with van der Waals surface area (Å²) in [5.74, 6) is 1.59. The van der Waals surface area contributed by atoms with Crippen LogP contribution < -0.4 is 5.32 Å². The van der Waals surface area contributed by atoms with Gasteiger partial charge in [-0.1, -0.05) is 13.8 Å². The van der Waals surface area contributed by atoms with E-state index in [1.54, 1.807) is 11.0 Å². The molecule has 5 heteroatoms. The van der Waals surface area contributed by atoms with Crippen molar-refractivity contribution in [2.45, 2.75) is 20.4 Å². The Morgan fingerprint density at radius 3 is 2.79 bits per heavy atom. The molecule has 0 amide bonds. The molecule has 1 rings (SSSR count). The highest BCUT2D eigenvalue weighted by atomic mass is 35.5. The number of rotatable bonds is 5. The van der Waals surface area contributed by atoms with Crippen molar-refractivity contribution >= 4 is 11.6 Å². The van der Waals surface area contributed by atoms with Crippen LogP contribution in [-0.4, -0.2) is 27.2 Å². The highest BCUT2D eigenvalue weighted by Crippen LogP contribution is 2.14. The monoisotopic (exact) mass is 216 g/mol. The Hall–Kier alpha value is -0.610. The van der Waals surface area contributed by atoms with E-state index < -0.39 is 0 Å². The summed E-state index contributed by atoms with van der Waals surface area (Å²) in [6, 6.07) is 0. The minimum absolute atomic E-state index is 0.125. The van der Waals surface area contributed by atoms with E-state index in [9.17, 15) is 0 Å². The van der Waals surface area contributed by atoms with Gasteiger partial charge in [-0.3, -0.25) is 4.68 Å². The van der Waals surface area contributed by atoms with Crippen LogP contribution in [-0.2, 0) is 13.6 Å². The summed E-state index contributed by atoms with van der Waals surface area (Å²) in [5.41, 5.74) is 0.125. The molecule has 0 unspecified atom stereocenters. The molecule has 0 aliphatic carbocycles. The predicted octanol–water partition coefficient (Wildman–Crippen LogP) is 1.17. The minimum Gasteiger partial charge on any atom is -0.309 e. The van der Waals surface area contributed by atoms with Crippen molar-refractivity contribution in [3.63, 3.8) is 0 Å². The molecule has 0 spiro atoms. The number of aromatic nitrogens is 3. The second kappa shape index (κ2) is 4.75. The van der Waals surface area contributed by atoms with Gasteiger partial charge in [0.1, 0.15) is 12.2 Å². The SMILES string of the molecule is Cn1ncnc1CNCC(C)(C)CCl. The van der Waals surface area contributed by atoms with E-state index in [0.29, 0.717) is 5.88 Å². The third-order valence-electron chi connectivity index (χ3n) is 2.05. The number of aryl methyl sites for hydroxylation is 1. The fourth-order valence-corrected chi connectivity index (χ4v) is 1.13. The van der Waals surface area contributed by atoms with Gasteiger partial charge in [0.15, 0.2) is 0 Å². The normalized spacial score (nSPS) is 12.0. The van der Waals surface area contributed by atoms with Crippen LogP contribution in [0.2, 0.25) is 0 Å². The molecule has 0 atom stereocenters. The molecule has 0 radical (unpaired) electrons. The van der Waals surface area contributed by atoms with Crippen LogP contribution in [0, 0.1) is 5.41 Å². The molecule has 1 heterocycles. The van der Waals surface area contributed by atoms with Gasteiger partial charge < -0.3 is 5.32 Å². The Bertz CT molecular complexity index is 282. The smallest absolute Gasteiger partial charge is 0.140 e. The molecule has 0 bridgehead atoms. The first-order valence-electron chi connectivity index (χ1n) is 4.65. The highest BCUT2D eigenvalue weighted by Gasteiger charge is 2.15. The van der Waals surface area contributed by atoms with E-state index >= 15 is 0 Å². The molecular weight excluding hydrogens is 200 g/mol. The average molecular weight is 217 g/mol. The van der Waals surface area contributed by atoms with Gasteiger partial charge >= 0.3 is 0 Å². The van der Waals surface area contributed by atoms with Crippen LogP contribution >= 0.6 is 11.6 Å². The molecule has 1 aromatic heterocycles. The van der Waals surface area contributed by atoms with Gasteiger partial charge in [0, 0.05) is 19.5 Å². The van der Waals surface area contributed by atoms with Crippen molar-refractivity contribution in [1.82, 2.24) is 20.1 Å². The second-order valence-electron chi connectivity index (χ2n) is 4.20. The molecular formula is C9H17ClN4. The summed E-state index contributed by atoms with van der Waals surface area (Å²) >= 11 is 5.81. The summed E-state index contributed by atoms with van der Waals surface area (Å²) in [4.78, 5) is 4.12. The maximum Gasteiger partial charge on any atom is 0.140 e. The zero-order valence-electron chi connectivity index (χ0n) is 8.92. The second-order valence-corrected chi connectivity index (χ2v) is 4.47. The van der Waals surface area contributed by atoms with E-state index in [1.807, 2.05) is 7.05 Å². The van der Waals surface area contributed by atoms with E-state index in [-0.39, 0.29) is 5.41 Å². The molecule has 0 aliphatic heterocycles. The molecule has 1 N–H and O–H groups in total. The lowest BCUT2D eigenvalue weighted by atomic mass is 9.97. The van der Waals surface area contributed by atoms with Crippen molar-refractivity contribution in [3.8, 4) is 0 Å². The topological polar surface area (TPSA) is 42.7 Å². The number of hydrogen-bond acceptors (Lipinski definition) is 3. The van der Waals surface area contributed by atoms with Crippen LogP contribution in [0.3, 0.4) is 0 Å². The van der Waals surface area contributed by atoms with Gasteiger partial charge in [0.25, 0.3) is 0 Å². The van der Waals surface area contributed by atoms with Crippen molar-refractivity contribution < 1.29 is 0 Å². The molecule has 14 heavy (non-hydrogen) atoms. The van der Waals surface area contributed by atoms with Gasteiger partial charge in [0.2, 0.25) is 0 Å². The first kappa shape index (κ1) is 11.5. The first-order chi connectivity index (χ1) is 6.55. The van der Waals surface area contributed by atoms with Crippen LogP contribution in [0.25, 0.3) is 0 Å². The summed E-state index contributed by atoms with van der Waals surface area (Å²) in [7, 11) is 1.89. The molecule has 0 aromatic carbocycles. The average Bonchev–Trinajstić information content (AvgIpc) is 2.52. The number of nitrogens with zero attached hydrogens (tertiary/aromatic N) is 3. The Balaban J connectivity index is 2.32. The standard InChI is InChI=1S/C9H17ClN4/c1-9(2,5-10)6-11-4-8-12-7-13-14(8)3/h7,11H,4-6H2,1-3H3. The van der Waals surface area contributed by atoms with Gasteiger partial charge in [0.05, 0.1) is 6.54 Å². The first-order valence-corrected chi connectivity index (χ1v) is 5.18. The molecule has 0 saturated carbocycles. The summed E-state index contributed by atoms with van der Waals surface area (Å²) < 4.78 is 1.76. The predicted molar refractivity (Wildman–Crippen MR) is 57.2 cm³/mol. The lowest BCUT2D eigenvalue weighted by Crippen LogP contribution is -2.31. The summed E-state index contributed by atoms with van der Waals surface area (Å²) in [5, 5.41) is 7.30. The maximum atomic E-state index is 5.81.